The molecule has 2 aromatic rings. The van der Waals surface area contributed by atoms with Crippen molar-refractivity contribution in [3.63, 3.8) is 0 Å². The van der Waals surface area contributed by atoms with E-state index in [0.717, 1.165) is 52.5 Å². The average molecular weight is 527 g/mol. The summed E-state index contributed by atoms with van der Waals surface area (Å²) in [4.78, 5) is 11.0. The molecule has 1 N–H and O–H groups in total. The van der Waals surface area contributed by atoms with Gasteiger partial charge in [-0.2, -0.15) is 0 Å². The van der Waals surface area contributed by atoms with Crippen molar-refractivity contribution in [2.24, 2.45) is 0 Å². The number of fused-ring (bicyclic) bond motifs is 2. The second-order valence-corrected chi connectivity index (χ2v) is 10.6. The molecule has 2 aromatic carbocycles. The Balaban J connectivity index is 1.85. The number of hydrogen-bond donors (Lipinski definition) is 1. The molecule has 0 bridgehead atoms. The zero-order valence-corrected chi connectivity index (χ0v) is 19.4. The van der Waals surface area contributed by atoms with E-state index < -0.39 is 16.0 Å². The van der Waals surface area contributed by atoms with Gasteiger partial charge in [0.25, 0.3) is 10.0 Å². The predicted molar refractivity (Wildman–Crippen MR) is 123 cm³/mol. The first-order valence-electron chi connectivity index (χ1n) is 9.91. The van der Waals surface area contributed by atoms with E-state index in [0.29, 0.717) is 11.3 Å². The number of carboxylic acid groups (broad SMARTS) is 1. The van der Waals surface area contributed by atoms with Crippen LogP contribution < -0.4 is 4.31 Å². The highest BCUT2D eigenvalue weighted by Crippen LogP contribution is 2.43. The number of halogens is 1. The van der Waals surface area contributed by atoms with Crippen LogP contribution in [0.15, 0.2) is 47.4 Å². The van der Waals surface area contributed by atoms with Gasteiger partial charge < -0.3 is 5.11 Å². The van der Waals surface area contributed by atoms with Crippen molar-refractivity contribution in [1.82, 2.24) is 0 Å². The van der Waals surface area contributed by atoms with Gasteiger partial charge in [0, 0.05) is 23.0 Å². The Morgan fingerprint density at radius 2 is 1.72 bits per heavy atom. The van der Waals surface area contributed by atoms with Crippen molar-refractivity contribution >= 4 is 44.3 Å². The van der Waals surface area contributed by atoms with Crippen molar-refractivity contribution in [3.05, 3.63) is 57.2 Å². The van der Waals surface area contributed by atoms with Gasteiger partial charge in [0.15, 0.2) is 0 Å². The van der Waals surface area contributed by atoms with Gasteiger partial charge >= 0.3 is 5.97 Å². The lowest BCUT2D eigenvalue weighted by atomic mass is 9.85. The molecule has 0 aliphatic carbocycles. The number of benzene rings is 2. The van der Waals surface area contributed by atoms with Crippen LogP contribution >= 0.6 is 22.6 Å². The summed E-state index contributed by atoms with van der Waals surface area (Å²) in [5.41, 5.74) is 2.66. The van der Waals surface area contributed by atoms with Crippen molar-refractivity contribution in [2.75, 3.05) is 11.4 Å². The van der Waals surface area contributed by atoms with Crippen molar-refractivity contribution in [1.29, 1.82) is 0 Å². The number of carbonyl (C=O) groups is 1. The molecule has 29 heavy (non-hydrogen) atoms. The van der Waals surface area contributed by atoms with E-state index in [4.69, 9.17) is 5.11 Å². The largest absolute Gasteiger partial charge is 0.481 e. The van der Waals surface area contributed by atoms with Gasteiger partial charge in [-0.1, -0.05) is 49.9 Å². The SMILES string of the molecule is CN1c2ccccc2C(CCCCCCCC(=O)O)c2ccc(I)cc2S1(=O)=O. The third kappa shape index (κ3) is 4.94. The fourth-order valence-electron chi connectivity index (χ4n) is 4.00. The van der Waals surface area contributed by atoms with Crippen molar-refractivity contribution in [2.45, 2.75) is 55.8 Å². The first-order valence-corrected chi connectivity index (χ1v) is 12.4. The number of hydrogen-bond acceptors (Lipinski definition) is 3. The molecule has 0 aromatic heterocycles. The average Bonchev–Trinajstić information content (AvgIpc) is 2.75. The van der Waals surface area contributed by atoms with Crippen LogP contribution in [-0.4, -0.2) is 26.5 Å². The number of sulfonamides is 1. The van der Waals surface area contributed by atoms with Crippen LogP contribution in [0.3, 0.4) is 0 Å². The zero-order chi connectivity index (χ0) is 21.0. The Bertz CT molecular complexity index is 990. The lowest BCUT2D eigenvalue weighted by Crippen LogP contribution is -2.26. The number of aliphatic carboxylic acids is 1. The summed E-state index contributed by atoms with van der Waals surface area (Å²) < 4.78 is 28.8. The lowest BCUT2D eigenvalue weighted by Gasteiger charge is -2.21. The number of carboxylic acids is 1. The van der Waals surface area contributed by atoms with Crippen LogP contribution in [0, 0.1) is 3.57 Å². The van der Waals surface area contributed by atoms with Crippen LogP contribution in [0.1, 0.15) is 62.0 Å². The minimum atomic E-state index is -3.60. The standard InChI is InChI=1S/C22H26INO4S/c1-24-20-11-8-7-10-18(20)17(9-5-3-2-4-6-12-22(25)26)19-14-13-16(23)15-21(19)29(24,27)28/h7-8,10-11,13-15,17H,2-6,9,12H2,1H3,(H,25,26). The molecule has 1 aliphatic rings. The Labute approximate surface area is 186 Å². The van der Waals surface area contributed by atoms with E-state index in [2.05, 4.69) is 22.6 Å². The summed E-state index contributed by atoms with van der Waals surface area (Å²) in [5, 5.41) is 8.73. The lowest BCUT2D eigenvalue weighted by molar-refractivity contribution is -0.137. The molecule has 0 saturated heterocycles. The smallest absolute Gasteiger partial charge is 0.303 e. The molecule has 7 heteroatoms. The second-order valence-electron chi connectivity index (χ2n) is 7.47. The summed E-state index contributed by atoms with van der Waals surface area (Å²) in [6.07, 6.45) is 5.71. The van der Waals surface area contributed by atoms with Gasteiger partial charge in [-0.25, -0.2) is 8.42 Å². The second kappa shape index (κ2) is 9.47. The molecule has 1 atom stereocenters. The maximum absolute atomic E-state index is 13.3. The molecule has 3 rings (SSSR count). The first kappa shape index (κ1) is 22.1. The topological polar surface area (TPSA) is 74.7 Å². The summed E-state index contributed by atoms with van der Waals surface area (Å²) in [5.74, 6) is -0.714. The van der Waals surface area contributed by atoms with E-state index in [1.54, 1.807) is 13.1 Å². The molecule has 1 heterocycles. The summed E-state index contributed by atoms with van der Waals surface area (Å²) >= 11 is 2.16. The summed E-state index contributed by atoms with van der Waals surface area (Å²) in [6.45, 7) is 0. The molecular weight excluding hydrogens is 501 g/mol. The number of unbranched alkanes of at least 4 members (excludes halogenated alkanes) is 4. The van der Waals surface area contributed by atoms with Crippen LogP contribution in [0.5, 0.6) is 0 Å². The van der Waals surface area contributed by atoms with E-state index >= 15 is 0 Å². The number of rotatable bonds is 8. The van der Waals surface area contributed by atoms with Crippen LogP contribution in [0.4, 0.5) is 5.69 Å². The number of para-hydroxylation sites is 1. The van der Waals surface area contributed by atoms with Gasteiger partial charge in [-0.15, -0.1) is 0 Å². The summed E-state index contributed by atoms with van der Waals surface area (Å²) in [6, 6.07) is 13.5. The van der Waals surface area contributed by atoms with Crippen LogP contribution in [0.2, 0.25) is 0 Å². The first-order chi connectivity index (χ1) is 13.8. The zero-order valence-electron chi connectivity index (χ0n) is 16.5. The summed E-state index contributed by atoms with van der Waals surface area (Å²) in [7, 11) is -1.98. The van der Waals surface area contributed by atoms with Gasteiger partial charge in [0.1, 0.15) is 0 Å². The molecule has 0 amide bonds. The Kier molecular flexibility index (Phi) is 7.21. The Morgan fingerprint density at radius 3 is 2.48 bits per heavy atom. The van der Waals surface area contributed by atoms with Gasteiger partial charge in [-0.3, -0.25) is 9.10 Å². The minimum Gasteiger partial charge on any atom is -0.481 e. The molecule has 5 nitrogen and oxygen atoms in total. The maximum atomic E-state index is 13.3. The van der Waals surface area contributed by atoms with Gasteiger partial charge in [-0.05, 0) is 64.8 Å². The predicted octanol–water partition coefficient (Wildman–Crippen LogP) is 5.38. The van der Waals surface area contributed by atoms with E-state index in [9.17, 15) is 13.2 Å². The van der Waals surface area contributed by atoms with Gasteiger partial charge in [0.05, 0.1) is 10.6 Å². The molecule has 0 fully saturated rings. The molecule has 0 saturated carbocycles. The highest BCUT2D eigenvalue weighted by Gasteiger charge is 2.34. The fourth-order valence-corrected chi connectivity index (χ4v) is 6.21. The third-order valence-electron chi connectivity index (χ3n) is 5.52. The van der Waals surface area contributed by atoms with E-state index in [-0.39, 0.29) is 12.3 Å². The molecule has 0 radical (unpaired) electrons. The Morgan fingerprint density at radius 1 is 1.03 bits per heavy atom. The number of anilines is 1. The van der Waals surface area contributed by atoms with Crippen LogP contribution in [0.25, 0.3) is 0 Å². The minimum absolute atomic E-state index is 0.0249. The van der Waals surface area contributed by atoms with Crippen molar-refractivity contribution < 1.29 is 18.3 Å². The fraction of sp³-hybridized carbons (Fsp3) is 0.409. The normalized spacial score (nSPS) is 17.3. The van der Waals surface area contributed by atoms with Crippen molar-refractivity contribution in [3.8, 4) is 0 Å². The van der Waals surface area contributed by atoms with Crippen LogP contribution in [-0.2, 0) is 14.8 Å². The molecule has 1 aliphatic heterocycles. The highest BCUT2D eigenvalue weighted by atomic mass is 127. The molecule has 1 unspecified atom stereocenters. The van der Waals surface area contributed by atoms with E-state index in [1.807, 2.05) is 36.4 Å². The highest BCUT2D eigenvalue weighted by molar-refractivity contribution is 14.1. The Hall–Kier alpha value is -1.61. The molecular formula is C22H26INO4S. The maximum Gasteiger partial charge on any atom is 0.303 e. The monoisotopic (exact) mass is 527 g/mol. The van der Waals surface area contributed by atoms with E-state index in [1.165, 1.54) is 4.31 Å². The third-order valence-corrected chi connectivity index (χ3v) is 8.02. The quantitative estimate of drug-likeness (QED) is 0.370. The number of nitrogens with zero attached hydrogens (tertiary/aromatic N) is 1. The molecule has 156 valence electrons. The molecule has 0 spiro atoms. The van der Waals surface area contributed by atoms with Gasteiger partial charge in [0.2, 0.25) is 0 Å².